The van der Waals surface area contributed by atoms with E-state index in [0.29, 0.717) is 18.7 Å². The number of nitrogen functional groups attached to an aromatic ring is 1. The minimum Gasteiger partial charge on any atom is -0.395 e. The number of amides is 1. The lowest BCUT2D eigenvalue weighted by atomic mass is 10.1. The summed E-state index contributed by atoms with van der Waals surface area (Å²) in [5, 5.41) is 12.5. The zero-order valence-electron chi connectivity index (χ0n) is 10.9. The first-order chi connectivity index (χ1) is 9.09. The van der Waals surface area contributed by atoms with E-state index in [0.717, 1.165) is 10.7 Å². The molecule has 0 unspecified atom stereocenters. The summed E-state index contributed by atoms with van der Waals surface area (Å²) in [6, 6.07) is 0. The van der Waals surface area contributed by atoms with Gasteiger partial charge in [-0.2, -0.15) is 5.10 Å². The van der Waals surface area contributed by atoms with Crippen molar-refractivity contribution in [3.8, 4) is 0 Å². The van der Waals surface area contributed by atoms with E-state index in [1.165, 1.54) is 0 Å². The fourth-order valence-corrected chi connectivity index (χ4v) is 2.34. The Morgan fingerprint density at radius 3 is 2.95 bits per heavy atom. The maximum atomic E-state index is 11.9. The number of rotatable bonds is 5. The summed E-state index contributed by atoms with van der Waals surface area (Å²) < 4.78 is 0. The van der Waals surface area contributed by atoms with E-state index in [2.05, 4.69) is 20.5 Å². The molecule has 102 valence electrons. The molecule has 0 radical (unpaired) electrons. The van der Waals surface area contributed by atoms with Crippen LogP contribution in [0.1, 0.15) is 41.0 Å². The summed E-state index contributed by atoms with van der Waals surface area (Å²) >= 11 is 1.57. The van der Waals surface area contributed by atoms with E-state index in [1.807, 2.05) is 19.2 Å². The van der Waals surface area contributed by atoms with Crippen molar-refractivity contribution in [1.82, 2.24) is 20.5 Å². The van der Waals surface area contributed by atoms with Crippen molar-refractivity contribution in [2.24, 2.45) is 0 Å². The van der Waals surface area contributed by atoms with Crippen molar-refractivity contribution in [1.29, 1.82) is 0 Å². The Balaban J connectivity index is 1.93. The van der Waals surface area contributed by atoms with Crippen molar-refractivity contribution in [2.45, 2.75) is 26.2 Å². The number of anilines is 1. The summed E-state index contributed by atoms with van der Waals surface area (Å²) in [5.74, 6) is -0.0402. The second-order valence-corrected chi connectivity index (χ2v) is 5.47. The highest BCUT2D eigenvalue weighted by atomic mass is 32.1. The molecule has 0 spiro atoms. The fourth-order valence-electron chi connectivity index (χ4n) is 1.72. The molecule has 2 heterocycles. The number of nitrogens with two attached hydrogens (primary N) is 1. The van der Waals surface area contributed by atoms with Crippen LogP contribution in [-0.2, 0) is 6.42 Å². The van der Waals surface area contributed by atoms with Gasteiger partial charge in [-0.3, -0.25) is 9.89 Å². The largest absolute Gasteiger partial charge is 0.395 e. The van der Waals surface area contributed by atoms with E-state index >= 15 is 0 Å². The minimum atomic E-state index is -0.253. The van der Waals surface area contributed by atoms with Crippen LogP contribution in [0.2, 0.25) is 0 Å². The Labute approximate surface area is 115 Å². The molecule has 0 aromatic carbocycles. The number of H-pyrrole nitrogens is 1. The van der Waals surface area contributed by atoms with Crippen LogP contribution in [0.5, 0.6) is 0 Å². The van der Waals surface area contributed by atoms with E-state index in [-0.39, 0.29) is 17.5 Å². The number of aromatic amines is 1. The van der Waals surface area contributed by atoms with Gasteiger partial charge in [0.15, 0.2) is 5.69 Å². The third-order valence-electron chi connectivity index (χ3n) is 2.73. The molecule has 4 N–H and O–H groups in total. The summed E-state index contributed by atoms with van der Waals surface area (Å²) in [5.41, 5.74) is 7.40. The maximum Gasteiger partial charge on any atom is 0.273 e. The van der Waals surface area contributed by atoms with Gasteiger partial charge in [0.25, 0.3) is 5.91 Å². The molecule has 1 amide bonds. The number of carbonyl (C=O) groups is 1. The van der Waals surface area contributed by atoms with Gasteiger partial charge in [0.2, 0.25) is 0 Å². The predicted molar refractivity (Wildman–Crippen MR) is 75.2 cm³/mol. The lowest BCUT2D eigenvalue weighted by molar-refractivity contribution is 0.0950. The molecule has 0 fully saturated rings. The topological polar surface area (TPSA) is 96.7 Å². The number of hydrogen-bond donors (Lipinski definition) is 3. The van der Waals surface area contributed by atoms with Crippen molar-refractivity contribution < 1.29 is 4.79 Å². The molecule has 2 aromatic rings. The lowest BCUT2D eigenvalue weighted by Gasteiger charge is -2.04. The average Bonchev–Trinajstić information content (AvgIpc) is 2.98. The predicted octanol–water partition coefficient (Wildman–Crippen LogP) is 1.54. The number of nitrogens with zero attached hydrogens (tertiary/aromatic N) is 2. The zero-order chi connectivity index (χ0) is 13.8. The average molecular weight is 279 g/mol. The first-order valence-corrected chi connectivity index (χ1v) is 6.98. The Morgan fingerprint density at radius 2 is 2.37 bits per heavy atom. The van der Waals surface area contributed by atoms with Gasteiger partial charge in [-0.15, -0.1) is 11.3 Å². The molecule has 7 heteroatoms. The van der Waals surface area contributed by atoms with Gasteiger partial charge in [0, 0.05) is 24.5 Å². The quantitative estimate of drug-likeness (QED) is 0.773. The van der Waals surface area contributed by atoms with Gasteiger partial charge in [0.05, 0.1) is 16.4 Å². The highest BCUT2D eigenvalue weighted by Gasteiger charge is 2.18. The van der Waals surface area contributed by atoms with Crippen molar-refractivity contribution >= 4 is 22.9 Å². The van der Waals surface area contributed by atoms with Crippen LogP contribution >= 0.6 is 11.3 Å². The second kappa shape index (κ2) is 5.83. The standard InChI is InChI=1S/C12H17N5OS/c1-7(2)10-9(13)11(17-16-10)12(18)15-4-3-8-14-5-6-19-8/h5-7H,3-4,13H2,1-2H3,(H,15,18)(H,16,17). The number of hydrogen-bond acceptors (Lipinski definition) is 5. The van der Waals surface area contributed by atoms with Crippen LogP contribution in [0.3, 0.4) is 0 Å². The molecule has 2 rings (SSSR count). The summed E-state index contributed by atoms with van der Waals surface area (Å²) in [7, 11) is 0. The highest BCUT2D eigenvalue weighted by molar-refractivity contribution is 7.09. The molecule has 0 bridgehead atoms. The van der Waals surface area contributed by atoms with Gasteiger partial charge in [-0.25, -0.2) is 4.98 Å². The van der Waals surface area contributed by atoms with Crippen LogP contribution < -0.4 is 11.1 Å². The second-order valence-electron chi connectivity index (χ2n) is 4.49. The Bertz CT molecular complexity index is 546. The Kier molecular flexibility index (Phi) is 4.16. The molecule has 19 heavy (non-hydrogen) atoms. The van der Waals surface area contributed by atoms with E-state index in [1.54, 1.807) is 17.5 Å². The SMILES string of the molecule is CC(C)c1[nH]nc(C(=O)NCCc2nccs2)c1N. The molecule has 0 aliphatic rings. The summed E-state index contributed by atoms with van der Waals surface area (Å²) in [4.78, 5) is 16.1. The number of aromatic nitrogens is 3. The van der Waals surface area contributed by atoms with E-state index in [4.69, 9.17) is 5.73 Å². The third-order valence-corrected chi connectivity index (χ3v) is 3.57. The van der Waals surface area contributed by atoms with E-state index in [9.17, 15) is 4.79 Å². The van der Waals surface area contributed by atoms with Gasteiger partial charge < -0.3 is 11.1 Å². The fraction of sp³-hybridized carbons (Fsp3) is 0.417. The third kappa shape index (κ3) is 3.11. The van der Waals surface area contributed by atoms with Gasteiger partial charge in [-0.05, 0) is 5.92 Å². The molecular weight excluding hydrogens is 262 g/mol. The van der Waals surface area contributed by atoms with Crippen LogP contribution in [-0.4, -0.2) is 27.6 Å². The summed E-state index contributed by atoms with van der Waals surface area (Å²) in [6.07, 6.45) is 2.47. The Morgan fingerprint density at radius 1 is 1.58 bits per heavy atom. The van der Waals surface area contributed by atoms with Crippen LogP contribution in [0.15, 0.2) is 11.6 Å². The molecule has 0 saturated carbocycles. The molecule has 2 aromatic heterocycles. The number of nitrogens with one attached hydrogen (secondary N) is 2. The highest BCUT2D eigenvalue weighted by Crippen LogP contribution is 2.21. The van der Waals surface area contributed by atoms with Gasteiger partial charge in [-0.1, -0.05) is 13.8 Å². The number of thiazole rings is 1. The molecule has 0 aliphatic carbocycles. The van der Waals surface area contributed by atoms with Crippen molar-refractivity contribution in [2.75, 3.05) is 12.3 Å². The van der Waals surface area contributed by atoms with Crippen LogP contribution in [0, 0.1) is 0 Å². The number of carbonyl (C=O) groups excluding carboxylic acids is 1. The van der Waals surface area contributed by atoms with Crippen molar-refractivity contribution in [3.05, 3.63) is 28.0 Å². The Hall–Kier alpha value is -1.89. The minimum absolute atomic E-state index is 0.212. The first kappa shape index (κ1) is 13.5. The van der Waals surface area contributed by atoms with Crippen molar-refractivity contribution in [3.63, 3.8) is 0 Å². The maximum absolute atomic E-state index is 11.9. The molecule has 6 nitrogen and oxygen atoms in total. The molecule has 0 atom stereocenters. The summed E-state index contributed by atoms with van der Waals surface area (Å²) in [6.45, 7) is 4.51. The van der Waals surface area contributed by atoms with E-state index < -0.39 is 0 Å². The normalized spacial score (nSPS) is 10.9. The molecular formula is C12H17N5OS. The lowest BCUT2D eigenvalue weighted by Crippen LogP contribution is -2.26. The van der Waals surface area contributed by atoms with Crippen LogP contribution in [0.25, 0.3) is 0 Å². The zero-order valence-corrected chi connectivity index (χ0v) is 11.8. The van der Waals surface area contributed by atoms with Gasteiger partial charge in [0.1, 0.15) is 0 Å². The smallest absolute Gasteiger partial charge is 0.273 e. The molecule has 0 saturated heterocycles. The van der Waals surface area contributed by atoms with Gasteiger partial charge >= 0.3 is 0 Å². The monoisotopic (exact) mass is 279 g/mol. The molecule has 0 aliphatic heterocycles. The first-order valence-electron chi connectivity index (χ1n) is 6.10. The van der Waals surface area contributed by atoms with Crippen LogP contribution in [0.4, 0.5) is 5.69 Å².